The fourth-order valence-electron chi connectivity index (χ4n) is 1.63. The van der Waals surface area contributed by atoms with Crippen LogP contribution in [-0.4, -0.2) is 56.2 Å². The molecule has 0 aliphatic heterocycles. The second kappa shape index (κ2) is 11.5. The van der Waals surface area contributed by atoms with Gasteiger partial charge in [0.1, 0.15) is 0 Å². The summed E-state index contributed by atoms with van der Waals surface area (Å²) in [5.41, 5.74) is 0. The van der Waals surface area contributed by atoms with Crippen LogP contribution in [0.1, 0.15) is 25.7 Å². The molecule has 2 N–H and O–H groups in total. The zero-order valence-electron chi connectivity index (χ0n) is 11.4. The molecule has 0 rings (SSSR count). The van der Waals surface area contributed by atoms with Crippen molar-refractivity contribution in [2.24, 2.45) is 0 Å². The van der Waals surface area contributed by atoms with Crippen LogP contribution in [-0.2, 0) is 9.59 Å². The Hall–Kier alpha value is -0.590. The summed E-state index contributed by atoms with van der Waals surface area (Å²) >= 11 is 3.68. The van der Waals surface area contributed by atoms with Crippen molar-refractivity contribution in [3.05, 3.63) is 0 Å². The van der Waals surface area contributed by atoms with Gasteiger partial charge < -0.3 is 15.5 Å². The Morgan fingerprint density at radius 3 is 1.89 bits per heavy atom. The third-order valence-corrected chi connectivity index (χ3v) is 2.84. The molecule has 0 saturated carbocycles. The van der Waals surface area contributed by atoms with Crippen molar-refractivity contribution < 1.29 is 9.59 Å². The molecule has 0 aliphatic carbocycles. The molecular weight excluding hydrogens is 250 g/mol. The Balaban J connectivity index is 4.07. The van der Waals surface area contributed by atoms with Crippen LogP contribution >= 0.6 is 12.6 Å². The molecule has 0 aromatic rings. The number of carbonyl (C=O) groups is 2. The molecule has 18 heavy (non-hydrogen) atoms. The molecule has 0 spiro atoms. The van der Waals surface area contributed by atoms with Crippen LogP contribution in [0, 0.1) is 0 Å². The van der Waals surface area contributed by atoms with E-state index in [2.05, 4.69) is 23.3 Å². The molecule has 0 aromatic carbocycles. The smallest absolute Gasteiger partial charge is 0.223 e. The number of amides is 1. The van der Waals surface area contributed by atoms with Crippen LogP contribution in [0.4, 0.5) is 0 Å². The van der Waals surface area contributed by atoms with Gasteiger partial charge in [-0.1, -0.05) is 0 Å². The lowest BCUT2D eigenvalue weighted by Gasteiger charge is -2.22. The first kappa shape index (κ1) is 17.4. The van der Waals surface area contributed by atoms with Crippen molar-refractivity contribution in [3.8, 4) is 0 Å². The molecule has 0 bridgehead atoms. The van der Waals surface area contributed by atoms with Crippen molar-refractivity contribution >= 4 is 23.7 Å². The molecule has 5 nitrogen and oxygen atoms in total. The molecule has 0 heterocycles. The second-order valence-electron chi connectivity index (χ2n) is 4.19. The maximum absolute atomic E-state index is 11.9. The monoisotopic (exact) mass is 275 g/mol. The predicted molar refractivity (Wildman–Crippen MR) is 76.9 cm³/mol. The van der Waals surface area contributed by atoms with Crippen molar-refractivity contribution in [3.63, 3.8) is 0 Å². The number of nitrogens with one attached hydrogen (secondary N) is 2. The first-order valence-electron chi connectivity index (χ1n) is 6.40. The summed E-state index contributed by atoms with van der Waals surface area (Å²) in [6.45, 7) is 3.26. The van der Waals surface area contributed by atoms with Crippen molar-refractivity contribution in [1.82, 2.24) is 15.5 Å². The average molecular weight is 275 g/mol. The van der Waals surface area contributed by atoms with Gasteiger partial charge >= 0.3 is 0 Å². The minimum Gasteiger partial charge on any atom is -0.343 e. The van der Waals surface area contributed by atoms with Crippen LogP contribution in [0.5, 0.6) is 0 Å². The third kappa shape index (κ3) is 9.44. The molecule has 0 aromatic heterocycles. The molecular formula is C12H25N3O2S. The SMILES string of the molecule is CNCCCN(CCCNC)C(=O)CCC(=O)S. The highest BCUT2D eigenvalue weighted by Crippen LogP contribution is 2.03. The summed E-state index contributed by atoms with van der Waals surface area (Å²) in [4.78, 5) is 24.5. The number of hydrogen-bond donors (Lipinski definition) is 3. The van der Waals surface area contributed by atoms with Gasteiger partial charge in [-0.3, -0.25) is 9.59 Å². The number of nitrogens with zero attached hydrogens (tertiary/aromatic N) is 1. The maximum atomic E-state index is 11.9. The molecule has 6 heteroatoms. The number of hydrogen-bond acceptors (Lipinski definition) is 4. The van der Waals surface area contributed by atoms with E-state index >= 15 is 0 Å². The predicted octanol–water partition coefficient (Wildman–Crippen LogP) is 0.271. The average Bonchev–Trinajstić information content (AvgIpc) is 2.34. The topological polar surface area (TPSA) is 61.4 Å². The highest BCUT2D eigenvalue weighted by atomic mass is 32.1. The van der Waals surface area contributed by atoms with Crippen molar-refractivity contribution in [1.29, 1.82) is 0 Å². The fourth-order valence-corrected chi connectivity index (χ4v) is 1.74. The lowest BCUT2D eigenvalue weighted by molar-refractivity contribution is -0.132. The van der Waals surface area contributed by atoms with E-state index in [1.54, 1.807) is 0 Å². The van der Waals surface area contributed by atoms with Crippen LogP contribution in [0.3, 0.4) is 0 Å². The van der Waals surface area contributed by atoms with E-state index in [9.17, 15) is 9.59 Å². The lowest BCUT2D eigenvalue weighted by atomic mass is 10.2. The summed E-state index contributed by atoms with van der Waals surface area (Å²) in [6, 6.07) is 0. The van der Waals surface area contributed by atoms with Gasteiger partial charge in [0.25, 0.3) is 0 Å². The van der Waals surface area contributed by atoms with Crippen molar-refractivity contribution in [2.45, 2.75) is 25.7 Å². The highest BCUT2D eigenvalue weighted by molar-refractivity contribution is 7.96. The summed E-state index contributed by atoms with van der Waals surface area (Å²) in [5, 5.41) is 5.90. The fraction of sp³-hybridized carbons (Fsp3) is 0.833. The minimum atomic E-state index is -0.228. The lowest BCUT2D eigenvalue weighted by Crippen LogP contribution is -2.35. The van der Waals surface area contributed by atoms with E-state index in [0.717, 1.165) is 39.0 Å². The Morgan fingerprint density at radius 2 is 1.50 bits per heavy atom. The first-order valence-corrected chi connectivity index (χ1v) is 6.85. The van der Waals surface area contributed by atoms with Gasteiger partial charge in [-0.05, 0) is 40.0 Å². The van der Waals surface area contributed by atoms with E-state index < -0.39 is 0 Å². The molecule has 0 atom stereocenters. The quantitative estimate of drug-likeness (QED) is 0.374. The van der Waals surface area contributed by atoms with Crippen LogP contribution in [0.15, 0.2) is 0 Å². The zero-order valence-corrected chi connectivity index (χ0v) is 12.3. The number of carbonyl (C=O) groups excluding carboxylic acids is 2. The Kier molecular flexibility index (Phi) is 11.1. The number of rotatable bonds is 11. The highest BCUT2D eigenvalue weighted by Gasteiger charge is 2.13. The van der Waals surface area contributed by atoms with E-state index in [1.807, 2.05) is 19.0 Å². The van der Waals surface area contributed by atoms with Crippen LogP contribution < -0.4 is 10.6 Å². The van der Waals surface area contributed by atoms with Crippen LogP contribution in [0.25, 0.3) is 0 Å². The molecule has 0 aliphatic rings. The molecule has 1 amide bonds. The Bertz CT molecular complexity index is 239. The summed E-state index contributed by atoms with van der Waals surface area (Å²) in [6.07, 6.45) is 2.34. The van der Waals surface area contributed by atoms with Crippen molar-refractivity contribution in [2.75, 3.05) is 40.3 Å². The summed E-state index contributed by atoms with van der Waals surface area (Å²) < 4.78 is 0. The van der Waals surface area contributed by atoms with Gasteiger partial charge in [-0.2, -0.15) is 0 Å². The van der Waals surface area contributed by atoms with Gasteiger partial charge in [0, 0.05) is 25.9 Å². The van der Waals surface area contributed by atoms with Gasteiger partial charge in [0.15, 0.2) is 5.12 Å². The van der Waals surface area contributed by atoms with E-state index in [4.69, 9.17) is 0 Å². The van der Waals surface area contributed by atoms with Gasteiger partial charge in [-0.15, -0.1) is 12.6 Å². The summed E-state index contributed by atoms with van der Waals surface area (Å²) in [5.74, 6) is 0.0459. The second-order valence-corrected chi connectivity index (χ2v) is 4.69. The normalized spacial score (nSPS) is 10.4. The van der Waals surface area contributed by atoms with Gasteiger partial charge in [0.2, 0.25) is 5.91 Å². The minimum absolute atomic E-state index is 0.0459. The first-order chi connectivity index (χ1) is 8.61. The maximum Gasteiger partial charge on any atom is 0.223 e. The van der Waals surface area contributed by atoms with Gasteiger partial charge in [0.05, 0.1) is 0 Å². The molecule has 0 radical (unpaired) electrons. The standard InChI is InChI=1S/C12H25N3O2S/c1-13-7-3-9-15(10-4-8-14-2)11(16)5-6-12(17)18/h13-14H,3-10H2,1-2H3,(H,17,18). The number of thiol groups is 1. The van der Waals surface area contributed by atoms with Crippen LogP contribution in [0.2, 0.25) is 0 Å². The summed E-state index contributed by atoms with van der Waals surface area (Å²) in [7, 11) is 3.79. The molecule has 0 saturated heterocycles. The largest absolute Gasteiger partial charge is 0.343 e. The van der Waals surface area contributed by atoms with E-state index in [-0.39, 0.29) is 23.9 Å². The molecule has 0 fully saturated rings. The zero-order chi connectivity index (χ0) is 13.8. The third-order valence-electron chi connectivity index (χ3n) is 2.62. The Morgan fingerprint density at radius 1 is 1.00 bits per heavy atom. The molecule has 106 valence electrons. The van der Waals surface area contributed by atoms with Gasteiger partial charge in [-0.25, -0.2) is 0 Å². The Labute approximate surface area is 115 Å². The van der Waals surface area contributed by atoms with E-state index in [1.165, 1.54) is 0 Å². The molecule has 0 unspecified atom stereocenters. The van der Waals surface area contributed by atoms with E-state index in [0.29, 0.717) is 0 Å².